The zero-order chi connectivity index (χ0) is 12.1. The topological polar surface area (TPSA) is 29.5 Å². The molecule has 0 bridgehead atoms. The molecule has 1 rings (SSSR count). The molecule has 0 amide bonds. The summed E-state index contributed by atoms with van der Waals surface area (Å²) in [5.74, 6) is 0.795. The number of likely N-dealkylation sites (N-methyl/N-ethyl adjacent to an activating group) is 1. The second kappa shape index (κ2) is 5.87. The zero-order valence-corrected chi connectivity index (χ0v) is 10.5. The maximum Gasteiger partial charge on any atom is 0.252 e. The lowest BCUT2D eigenvalue weighted by Gasteiger charge is -2.12. The summed E-state index contributed by atoms with van der Waals surface area (Å²) in [7, 11) is 3.98. The number of nitrogens with zero attached hydrogens (tertiary/aromatic N) is 1. The molecule has 0 aliphatic rings. The van der Waals surface area contributed by atoms with Gasteiger partial charge in [-0.2, -0.15) is 0 Å². The first-order valence-corrected chi connectivity index (χ1v) is 5.46. The molecule has 1 aromatic rings. The van der Waals surface area contributed by atoms with Crippen molar-refractivity contribution in [3.63, 3.8) is 0 Å². The van der Waals surface area contributed by atoms with Crippen molar-refractivity contribution in [2.45, 2.75) is 6.92 Å². The number of ether oxygens (including phenoxy) is 1. The Labute approximate surface area is 101 Å². The van der Waals surface area contributed by atoms with E-state index in [-0.39, 0.29) is 0 Å². The van der Waals surface area contributed by atoms with Gasteiger partial charge in [-0.3, -0.25) is 4.79 Å². The molecule has 0 spiro atoms. The Kier molecular flexibility index (Phi) is 4.77. The van der Waals surface area contributed by atoms with Gasteiger partial charge in [-0.05, 0) is 56.4 Å². The quantitative estimate of drug-likeness (QED) is 0.741. The average molecular weight is 242 g/mol. The van der Waals surface area contributed by atoms with Crippen LogP contribution in [0.5, 0.6) is 5.75 Å². The summed E-state index contributed by atoms with van der Waals surface area (Å²) >= 11 is 5.39. The minimum atomic E-state index is -0.442. The minimum absolute atomic E-state index is 0.442. The third-order valence-corrected chi connectivity index (χ3v) is 2.42. The lowest BCUT2D eigenvalue weighted by Crippen LogP contribution is -2.19. The molecule has 0 aliphatic heterocycles. The van der Waals surface area contributed by atoms with Crippen LogP contribution in [0.25, 0.3) is 0 Å². The molecule has 0 heterocycles. The Morgan fingerprint density at radius 3 is 2.62 bits per heavy atom. The van der Waals surface area contributed by atoms with Crippen molar-refractivity contribution in [2.75, 3.05) is 27.2 Å². The highest BCUT2D eigenvalue weighted by molar-refractivity contribution is 6.67. The molecule has 0 unspecified atom stereocenters. The second-order valence-electron chi connectivity index (χ2n) is 3.91. The van der Waals surface area contributed by atoms with E-state index in [0.29, 0.717) is 12.2 Å². The van der Waals surface area contributed by atoms with E-state index in [1.807, 2.05) is 25.9 Å². The van der Waals surface area contributed by atoms with Gasteiger partial charge in [-0.1, -0.05) is 0 Å². The molecule has 88 valence electrons. The zero-order valence-electron chi connectivity index (χ0n) is 9.79. The lowest BCUT2D eigenvalue weighted by atomic mass is 10.1. The van der Waals surface area contributed by atoms with E-state index in [9.17, 15) is 4.79 Å². The number of carbonyl (C=O) groups is 1. The summed E-state index contributed by atoms with van der Waals surface area (Å²) in [5.41, 5.74) is 1.42. The van der Waals surface area contributed by atoms with Gasteiger partial charge in [-0.25, -0.2) is 0 Å². The Bertz CT molecular complexity index is 377. The van der Waals surface area contributed by atoms with E-state index in [0.717, 1.165) is 17.9 Å². The van der Waals surface area contributed by atoms with Crippen LogP contribution in [0.3, 0.4) is 0 Å². The van der Waals surface area contributed by atoms with Gasteiger partial charge < -0.3 is 9.64 Å². The van der Waals surface area contributed by atoms with Gasteiger partial charge in [0.2, 0.25) is 0 Å². The molecule has 0 saturated heterocycles. The molecule has 4 heteroatoms. The molecule has 0 aliphatic carbocycles. The molecule has 0 N–H and O–H groups in total. The van der Waals surface area contributed by atoms with Crippen molar-refractivity contribution in [3.05, 3.63) is 29.3 Å². The molecule has 0 atom stereocenters. The van der Waals surface area contributed by atoms with Crippen molar-refractivity contribution in [1.29, 1.82) is 0 Å². The average Bonchev–Trinajstić information content (AvgIpc) is 2.19. The number of hydrogen-bond donors (Lipinski definition) is 0. The van der Waals surface area contributed by atoms with Crippen LogP contribution in [0.4, 0.5) is 0 Å². The highest BCUT2D eigenvalue weighted by atomic mass is 35.5. The summed E-state index contributed by atoms with van der Waals surface area (Å²) < 4.78 is 5.59. The third-order valence-electron chi connectivity index (χ3n) is 2.20. The second-order valence-corrected chi connectivity index (χ2v) is 4.25. The van der Waals surface area contributed by atoms with Crippen LogP contribution in [-0.2, 0) is 0 Å². The van der Waals surface area contributed by atoms with Crippen LogP contribution in [0.2, 0.25) is 0 Å². The minimum Gasteiger partial charge on any atom is -0.492 e. The highest BCUT2D eigenvalue weighted by Crippen LogP contribution is 2.19. The SMILES string of the molecule is Cc1cc(C(=O)Cl)ccc1OCCN(C)C. The maximum atomic E-state index is 10.9. The Morgan fingerprint density at radius 1 is 1.44 bits per heavy atom. The molecule has 0 aromatic heterocycles. The van der Waals surface area contributed by atoms with Crippen LogP contribution in [-0.4, -0.2) is 37.4 Å². The highest BCUT2D eigenvalue weighted by Gasteiger charge is 2.05. The fourth-order valence-corrected chi connectivity index (χ4v) is 1.39. The molecule has 1 aromatic carbocycles. The van der Waals surface area contributed by atoms with E-state index in [1.165, 1.54) is 0 Å². The molecule has 0 saturated carbocycles. The third kappa shape index (κ3) is 3.83. The largest absolute Gasteiger partial charge is 0.492 e. The Balaban J connectivity index is 2.64. The number of rotatable bonds is 5. The van der Waals surface area contributed by atoms with Crippen LogP contribution in [0.1, 0.15) is 15.9 Å². The van der Waals surface area contributed by atoms with E-state index in [2.05, 4.69) is 0 Å². The summed E-state index contributed by atoms with van der Waals surface area (Å²) in [4.78, 5) is 13.0. The van der Waals surface area contributed by atoms with Gasteiger partial charge in [-0.15, -0.1) is 0 Å². The molecule has 0 fully saturated rings. The summed E-state index contributed by atoms with van der Waals surface area (Å²) in [6.07, 6.45) is 0. The number of carbonyl (C=O) groups excluding carboxylic acids is 1. The number of hydrogen-bond acceptors (Lipinski definition) is 3. The molecular weight excluding hydrogens is 226 g/mol. The van der Waals surface area contributed by atoms with Crippen molar-refractivity contribution in [1.82, 2.24) is 4.90 Å². The normalized spacial score (nSPS) is 10.6. The van der Waals surface area contributed by atoms with Crippen molar-refractivity contribution in [3.8, 4) is 5.75 Å². The van der Waals surface area contributed by atoms with Crippen LogP contribution < -0.4 is 4.74 Å². The monoisotopic (exact) mass is 241 g/mol. The lowest BCUT2D eigenvalue weighted by molar-refractivity contribution is 0.108. The van der Waals surface area contributed by atoms with Gasteiger partial charge in [0.1, 0.15) is 12.4 Å². The van der Waals surface area contributed by atoms with Crippen LogP contribution in [0.15, 0.2) is 18.2 Å². The van der Waals surface area contributed by atoms with Crippen molar-refractivity contribution in [2.24, 2.45) is 0 Å². The molecule has 16 heavy (non-hydrogen) atoms. The van der Waals surface area contributed by atoms with Gasteiger partial charge in [0, 0.05) is 12.1 Å². The molecular formula is C12H16ClNO2. The smallest absolute Gasteiger partial charge is 0.252 e. The van der Waals surface area contributed by atoms with Crippen molar-refractivity contribution >= 4 is 16.8 Å². The summed E-state index contributed by atoms with van der Waals surface area (Å²) in [5, 5.41) is -0.442. The fraction of sp³-hybridized carbons (Fsp3) is 0.417. The van der Waals surface area contributed by atoms with Crippen LogP contribution in [0, 0.1) is 6.92 Å². The van der Waals surface area contributed by atoms with E-state index < -0.39 is 5.24 Å². The number of aryl methyl sites for hydroxylation is 1. The predicted octanol–water partition coefficient (Wildman–Crippen LogP) is 2.31. The summed E-state index contributed by atoms with van der Waals surface area (Å²) in [6.45, 7) is 3.38. The Morgan fingerprint density at radius 2 is 2.12 bits per heavy atom. The Hall–Kier alpha value is -1.06. The standard InChI is InChI=1S/C12H16ClNO2/c1-9-8-10(12(13)15)4-5-11(9)16-7-6-14(2)3/h4-5,8H,6-7H2,1-3H3. The summed E-state index contributed by atoms with van der Waals surface area (Å²) in [6, 6.07) is 5.19. The first kappa shape index (κ1) is 13.0. The fourth-order valence-electron chi connectivity index (χ4n) is 1.27. The molecule has 3 nitrogen and oxygen atoms in total. The van der Waals surface area contributed by atoms with Crippen LogP contribution >= 0.6 is 11.6 Å². The van der Waals surface area contributed by atoms with E-state index in [4.69, 9.17) is 16.3 Å². The maximum absolute atomic E-state index is 10.9. The first-order valence-electron chi connectivity index (χ1n) is 5.08. The van der Waals surface area contributed by atoms with E-state index >= 15 is 0 Å². The van der Waals surface area contributed by atoms with Gasteiger partial charge in [0.25, 0.3) is 5.24 Å². The number of benzene rings is 1. The van der Waals surface area contributed by atoms with Crippen molar-refractivity contribution < 1.29 is 9.53 Å². The molecule has 0 radical (unpaired) electrons. The van der Waals surface area contributed by atoms with E-state index in [1.54, 1.807) is 18.2 Å². The first-order chi connectivity index (χ1) is 7.50. The predicted molar refractivity (Wildman–Crippen MR) is 65.4 cm³/mol. The van der Waals surface area contributed by atoms with Gasteiger partial charge in [0.15, 0.2) is 0 Å². The number of halogens is 1. The van der Waals surface area contributed by atoms with Gasteiger partial charge >= 0.3 is 0 Å². The van der Waals surface area contributed by atoms with Gasteiger partial charge in [0.05, 0.1) is 0 Å².